The lowest BCUT2D eigenvalue weighted by atomic mass is 10.1. The minimum Gasteiger partial charge on any atom is -0.495 e. The normalized spacial score (nSPS) is 12.1. The summed E-state index contributed by atoms with van der Waals surface area (Å²) in [4.78, 5) is -0.0159. The molecule has 2 heterocycles. The third kappa shape index (κ3) is 5.37. The first-order valence-electron chi connectivity index (χ1n) is 10.3. The fourth-order valence-electron chi connectivity index (χ4n) is 3.54. The first-order valence-corrected chi connectivity index (χ1v) is 13.3. The van der Waals surface area contributed by atoms with Crippen LogP contribution in [-0.2, 0) is 33.1 Å². The monoisotopic (exact) mass is 517 g/mol. The Bertz CT molecular complexity index is 1610. The van der Waals surface area contributed by atoms with Gasteiger partial charge in [0.2, 0.25) is 10.0 Å². The summed E-state index contributed by atoms with van der Waals surface area (Å²) < 4.78 is 66.0. The molecule has 2 N–H and O–H groups in total. The highest BCUT2D eigenvalue weighted by atomic mass is 32.2. The van der Waals surface area contributed by atoms with Gasteiger partial charge in [-0.25, -0.2) is 21.6 Å². The molecule has 0 saturated carbocycles. The maximum atomic E-state index is 12.9. The van der Waals surface area contributed by atoms with Crippen LogP contribution in [0.3, 0.4) is 0 Å². The molecule has 0 aliphatic rings. The number of aryl methyl sites for hydroxylation is 1. The number of anilines is 1. The minimum atomic E-state index is -3.97. The molecule has 0 radical (unpaired) electrons. The number of hydrogen-bond donors (Lipinski definition) is 2. The van der Waals surface area contributed by atoms with Crippen LogP contribution in [0.2, 0.25) is 0 Å². The third-order valence-corrected chi connectivity index (χ3v) is 7.51. The lowest BCUT2D eigenvalue weighted by Gasteiger charge is -2.10. The molecule has 2 aromatic carbocycles. The molecule has 0 fully saturated rings. The number of hydrogen-bond acceptors (Lipinski definition) is 8. The SMILES string of the molecule is C=CS(=O)(=O)NCc1cnn(Cc2cc(C)c3c(NS(=O)(=O)c4ccccc4OC)noc3c2)c1. The molecule has 0 aliphatic heterocycles. The van der Waals surface area contributed by atoms with E-state index in [1.54, 1.807) is 41.3 Å². The van der Waals surface area contributed by atoms with Crippen molar-refractivity contribution in [1.29, 1.82) is 0 Å². The fraction of sp³-hybridized carbons (Fsp3) is 0.182. The number of benzene rings is 2. The third-order valence-electron chi connectivity index (χ3n) is 5.15. The molecule has 0 aliphatic carbocycles. The zero-order valence-corrected chi connectivity index (χ0v) is 20.6. The van der Waals surface area contributed by atoms with Crippen molar-refractivity contribution in [2.45, 2.75) is 24.9 Å². The molecule has 13 heteroatoms. The topological polar surface area (TPSA) is 145 Å². The first kappa shape index (κ1) is 24.4. The highest BCUT2D eigenvalue weighted by Crippen LogP contribution is 2.31. The average Bonchev–Trinajstić information content (AvgIpc) is 3.44. The number of nitrogens with one attached hydrogen (secondary N) is 2. The molecule has 184 valence electrons. The predicted octanol–water partition coefficient (Wildman–Crippen LogP) is 2.75. The van der Waals surface area contributed by atoms with Crippen LogP contribution in [-0.4, -0.2) is 38.9 Å². The lowest BCUT2D eigenvalue weighted by molar-refractivity contribution is 0.403. The van der Waals surface area contributed by atoms with Crippen molar-refractivity contribution in [1.82, 2.24) is 19.7 Å². The summed E-state index contributed by atoms with van der Waals surface area (Å²) >= 11 is 0. The summed E-state index contributed by atoms with van der Waals surface area (Å²) in [6, 6.07) is 9.90. The standard InChI is InChI=1S/C22H23N5O6S2/c1-4-34(28,29)24-12-17-11-23-27(14-17)13-16-9-15(2)21-19(10-16)33-25-22(21)26-35(30,31)20-8-6-5-7-18(20)32-3/h4-11,14,24H,1,12-13H2,2-3H3,(H,25,26). The van der Waals surface area contributed by atoms with Gasteiger partial charge in [0.05, 0.1) is 25.2 Å². The largest absolute Gasteiger partial charge is 0.495 e. The highest BCUT2D eigenvalue weighted by molar-refractivity contribution is 7.93. The average molecular weight is 518 g/mol. The fourth-order valence-corrected chi connectivity index (χ4v) is 5.20. The molecule has 35 heavy (non-hydrogen) atoms. The van der Waals surface area contributed by atoms with E-state index in [9.17, 15) is 16.8 Å². The summed E-state index contributed by atoms with van der Waals surface area (Å²) in [5, 5.41) is 9.57. The van der Waals surface area contributed by atoms with Crippen molar-refractivity contribution in [3.8, 4) is 5.75 Å². The van der Waals surface area contributed by atoms with E-state index < -0.39 is 20.0 Å². The molecular formula is C22H23N5O6S2. The minimum absolute atomic E-state index is 0.0159. The summed E-state index contributed by atoms with van der Waals surface area (Å²) in [5.74, 6) is 0.286. The van der Waals surface area contributed by atoms with Crippen LogP contribution in [0.4, 0.5) is 5.82 Å². The van der Waals surface area contributed by atoms with Gasteiger partial charge in [0.25, 0.3) is 10.0 Å². The molecule has 11 nitrogen and oxygen atoms in total. The van der Waals surface area contributed by atoms with E-state index in [0.717, 1.165) is 16.5 Å². The number of nitrogens with zero attached hydrogens (tertiary/aromatic N) is 3. The smallest absolute Gasteiger partial charge is 0.266 e. The van der Waals surface area contributed by atoms with Crippen LogP contribution < -0.4 is 14.2 Å². The van der Waals surface area contributed by atoms with Crippen LogP contribution in [0.15, 0.2) is 70.2 Å². The first-order chi connectivity index (χ1) is 16.6. The number of rotatable bonds is 10. The Hall–Kier alpha value is -3.68. The van der Waals surface area contributed by atoms with Gasteiger partial charge in [-0.1, -0.05) is 29.9 Å². The van der Waals surface area contributed by atoms with E-state index in [-0.39, 0.29) is 23.0 Å². The Labute approximate surface area is 202 Å². The zero-order chi connectivity index (χ0) is 25.2. The Balaban J connectivity index is 1.55. The van der Waals surface area contributed by atoms with Gasteiger partial charge in [-0.3, -0.25) is 9.40 Å². The molecule has 0 atom stereocenters. The van der Waals surface area contributed by atoms with Gasteiger partial charge in [0.1, 0.15) is 10.6 Å². The van der Waals surface area contributed by atoms with Gasteiger partial charge in [-0.15, -0.1) is 0 Å². The Kier molecular flexibility index (Phi) is 6.65. The number of fused-ring (bicyclic) bond motifs is 1. The molecule has 0 bridgehead atoms. The van der Waals surface area contributed by atoms with Gasteiger partial charge in [-0.05, 0) is 36.2 Å². The van der Waals surface area contributed by atoms with Gasteiger partial charge in [-0.2, -0.15) is 5.10 Å². The number of para-hydroxylation sites is 1. The molecule has 4 rings (SSSR count). The van der Waals surface area contributed by atoms with E-state index in [0.29, 0.717) is 23.1 Å². The second kappa shape index (κ2) is 9.52. The van der Waals surface area contributed by atoms with Gasteiger partial charge in [0.15, 0.2) is 11.4 Å². The van der Waals surface area contributed by atoms with Crippen molar-refractivity contribution < 1.29 is 26.1 Å². The molecule has 0 saturated heterocycles. The molecule has 0 spiro atoms. The van der Waals surface area contributed by atoms with Crippen LogP contribution in [0.5, 0.6) is 5.75 Å². The molecule has 2 aromatic heterocycles. The van der Waals surface area contributed by atoms with Crippen LogP contribution >= 0.6 is 0 Å². The van der Waals surface area contributed by atoms with Crippen molar-refractivity contribution in [3.63, 3.8) is 0 Å². The van der Waals surface area contributed by atoms with Crippen LogP contribution in [0.1, 0.15) is 16.7 Å². The van der Waals surface area contributed by atoms with Gasteiger partial charge in [0, 0.05) is 23.7 Å². The molecule has 0 unspecified atom stereocenters. The second-order valence-corrected chi connectivity index (χ2v) is 11.0. The number of sulfonamides is 2. The summed E-state index contributed by atoms with van der Waals surface area (Å²) in [5.41, 5.74) is 2.68. The number of ether oxygens (including phenoxy) is 1. The second-order valence-electron chi connectivity index (χ2n) is 7.65. The summed E-state index contributed by atoms with van der Waals surface area (Å²) in [7, 11) is -6.11. The number of methoxy groups -OCH3 is 1. The Morgan fingerprint density at radius 2 is 1.94 bits per heavy atom. The predicted molar refractivity (Wildman–Crippen MR) is 130 cm³/mol. The van der Waals surface area contributed by atoms with E-state index in [4.69, 9.17) is 9.26 Å². The van der Waals surface area contributed by atoms with E-state index >= 15 is 0 Å². The van der Waals surface area contributed by atoms with E-state index in [1.807, 2.05) is 13.0 Å². The van der Waals surface area contributed by atoms with Crippen molar-refractivity contribution in [2.75, 3.05) is 11.8 Å². The van der Waals surface area contributed by atoms with Gasteiger partial charge < -0.3 is 9.26 Å². The quantitative estimate of drug-likeness (QED) is 0.327. The molecular weight excluding hydrogens is 494 g/mol. The Morgan fingerprint density at radius 1 is 1.17 bits per heavy atom. The summed E-state index contributed by atoms with van der Waals surface area (Å²) in [6.07, 6.45) is 3.29. The number of aromatic nitrogens is 3. The van der Waals surface area contributed by atoms with E-state index in [2.05, 4.69) is 26.3 Å². The highest BCUT2D eigenvalue weighted by Gasteiger charge is 2.23. The van der Waals surface area contributed by atoms with Crippen molar-refractivity contribution in [3.05, 3.63) is 77.5 Å². The summed E-state index contributed by atoms with van der Waals surface area (Å²) in [6.45, 7) is 5.55. The van der Waals surface area contributed by atoms with E-state index in [1.165, 1.54) is 13.2 Å². The molecule has 4 aromatic rings. The lowest BCUT2D eigenvalue weighted by Crippen LogP contribution is -2.19. The maximum absolute atomic E-state index is 12.9. The zero-order valence-electron chi connectivity index (χ0n) is 18.9. The van der Waals surface area contributed by atoms with Crippen LogP contribution in [0.25, 0.3) is 11.0 Å². The van der Waals surface area contributed by atoms with Crippen LogP contribution in [0, 0.1) is 6.92 Å². The van der Waals surface area contributed by atoms with Crippen molar-refractivity contribution in [2.24, 2.45) is 0 Å². The molecule has 0 amide bonds. The van der Waals surface area contributed by atoms with Gasteiger partial charge >= 0.3 is 0 Å². The maximum Gasteiger partial charge on any atom is 0.266 e. The Morgan fingerprint density at radius 3 is 2.69 bits per heavy atom. The van der Waals surface area contributed by atoms with Crippen molar-refractivity contribution >= 4 is 36.8 Å².